The van der Waals surface area contributed by atoms with Crippen LogP contribution in [-0.4, -0.2) is 19.1 Å². The third-order valence-corrected chi connectivity index (χ3v) is 4.48. The summed E-state index contributed by atoms with van der Waals surface area (Å²) < 4.78 is 5.36. The molecule has 0 amide bonds. The van der Waals surface area contributed by atoms with E-state index in [0.29, 0.717) is 12.1 Å². The molecule has 0 saturated carbocycles. The molecule has 0 N–H and O–H groups in total. The Kier molecular flexibility index (Phi) is 4.93. The molecule has 3 heteroatoms. The Morgan fingerprint density at radius 2 is 1.26 bits per heavy atom. The number of fused-ring (bicyclic) bond motifs is 2. The van der Waals surface area contributed by atoms with Crippen LogP contribution in [0.25, 0.3) is 21.5 Å². The van der Waals surface area contributed by atoms with E-state index in [1.807, 2.05) is 42.5 Å². The van der Waals surface area contributed by atoms with Gasteiger partial charge in [0.2, 0.25) is 0 Å². The first-order chi connectivity index (χ1) is 13.3. The van der Waals surface area contributed by atoms with E-state index in [1.165, 1.54) is 0 Å². The zero-order valence-corrected chi connectivity index (χ0v) is 14.8. The maximum absolute atomic E-state index is 12.1. The van der Waals surface area contributed by atoms with Crippen molar-refractivity contribution < 1.29 is 9.53 Å². The van der Waals surface area contributed by atoms with Gasteiger partial charge in [-0.2, -0.15) is 0 Å². The summed E-state index contributed by atoms with van der Waals surface area (Å²) in [5, 5.41) is 5.38. The Labute approximate surface area is 157 Å². The van der Waals surface area contributed by atoms with Crippen LogP contribution in [0.3, 0.4) is 0 Å². The number of rotatable bonds is 4. The number of carbonyl (C=O) groups excluding carboxylic acids is 1. The molecular formula is C24H19NO2. The van der Waals surface area contributed by atoms with Crippen molar-refractivity contribution in [2.45, 2.75) is 0 Å². The van der Waals surface area contributed by atoms with Gasteiger partial charge in [0.15, 0.2) is 0 Å². The van der Waals surface area contributed by atoms with Crippen molar-refractivity contribution in [2.75, 3.05) is 13.2 Å². The van der Waals surface area contributed by atoms with Crippen LogP contribution < -0.4 is 5.36 Å². The molecule has 0 fully saturated rings. The fourth-order valence-electron chi connectivity index (χ4n) is 3.16. The summed E-state index contributed by atoms with van der Waals surface area (Å²) in [6.45, 7) is 0.658. The van der Waals surface area contributed by atoms with Crippen LogP contribution in [-0.2, 0) is 4.74 Å². The van der Waals surface area contributed by atoms with E-state index in [-0.39, 0.29) is 12.6 Å². The van der Waals surface area contributed by atoms with Crippen molar-refractivity contribution in [3.63, 3.8) is 0 Å². The van der Waals surface area contributed by atoms with E-state index in [1.54, 1.807) is 12.1 Å². The van der Waals surface area contributed by atoms with E-state index in [2.05, 4.69) is 36.4 Å². The van der Waals surface area contributed by atoms with E-state index in [9.17, 15) is 4.79 Å². The first kappa shape index (κ1) is 17.0. The van der Waals surface area contributed by atoms with Crippen molar-refractivity contribution in [3.05, 3.63) is 102 Å². The molecule has 0 unspecified atom stereocenters. The first-order valence-corrected chi connectivity index (χ1v) is 8.96. The number of esters is 1. The lowest BCUT2D eigenvalue weighted by Gasteiger charge is -2.03. The molecule has 4 rings (SSSR count). The molecule has 4 aromatic carbocycles. The van der Waals surface area contributed by atoms with Crippen molar-refractivity contribution >= 4 is 27.5 Å². The molecule has 0 saturated heterocycles. The zero-order chi connectivity index (χ0) is 18.5. The second-order valence-electron chi connectivity index (χ2n) is 6.24. The smallest absolute Gasteiger partial charge is 0.338 e. The van der Waals surface area contributed by atoms with Gasteiger partial charge in [0, 0.05) is 10.8 Å². The van der Waals surface area contributed by atoms with E-state index < -0.39 is 0 Å². The number of hydrogen-bond acceptors (Lipinski definition) is 3. The maximum Gasteiger partial charge on any atom is 0.338 e. The molecule has 0 atom stereocenters. The predicted molar refractivity (Wildman–Crippen MR) is 109 cm³/mol. The van der Waals surface area contributed by atoms with Gasteiger partial charge in [-0.25, -0.2) is 4.79 Å². The largest absolute Gasteiger partial charge is 0.460 e. The molecule has 0 radical (unpaired) electrons. The minimum absolute atomic E-state index is 0.245. The van der Waals surface area contributed by atoms with E-state index >= 15 is 0 Å². The Morgan fingerprint density at radius 1 is 0.704 bits per heavy atom. The topological polar surface area (TPSA) is 38.7 Å². The van der Waals surface area contributed by atoms with Crippen molar-refractivity contribution in [2.24, 2.45) is 4.99 Å². The molecule has 0 aliphatic carbocycles. The second-order valence-corrected chi connectivity index (χ2v) is 6.24. The van der Waals surface area contributed by atoms with E-state index in [0.717, 1.165) is 26.9 Å². The van der Waals surface area contributed by atoms with Crippen molar-refractivity contribution in [1.29, 1.82) is 0 Å². The molecule has 4 aromatic rings. The predicted octanol–water partition coefficient (Wildman–Crippen LogP) is 4.75. The summed E-state index contributed by atoms with van der Waals surface area (Å²) in [7, 11) is 0. The average Bonchev–Trinajstić information content (AvgIpc) is 2.89. The van der Waals surface area contributed by atoms with Crippen molar-refractivity contribution in [1.82, 2.24) is 0 Å². The summed E-state index contributed by atoms with van der Waals surface area (Å²) in [6.07, 6.45) is 0. The normalized spacial score (nSPS) is 10.7. The maximum atomic E-state index is 12.1. The van der Waals surface area contributed by atoms with Gasteiger partial charge in [-0.05, 0) is 22.9 Å². The minimum atomic E-state index is -0.320. The van der Waals surface area contributed by atoms with Gasteiger partial charge in [0.05, 0.1) is 17.5 Å². The fraction of sp³-hybridized carbons (Fsp3) is 0.0833. The number of benzene rings is 3. The third-order valence-electron chi connectivity index (χ3n) is 4.48. The number of nitrogens with zero attached hydrogens (tertiary/aromatic N) is 1. The SMILES string of the molecule is O=C(OCCN=c1c2ccccc2ccc2ccccc12)c1ccccc1. The van der Waals surface area contributed by atoms with Crippen LogP contribution >= 0.6 is 0 Å². The molecule has 0 aromatic heterocycles. The third kappa shape index (κ3) is 3.72. The quantitative estimate of drug-likeness (QED) is 0.392. The summed E-state index contributed by atoms with van der Waals surface area (Å²) in [4.78, 5) is 16.9. The molecule has 0 aliphatic heterocycles. The van der Waals surface area contributed by atoms with Crippen LogP contribution in [0.5, 0.6) is 0 Å². The number of hydrogen-bond donors (Lipinski definition) is 0. The highest BCUT2D eigenvalue weighted by Gasteiger charge is 2.05. The Balaban J connectivity index is 1.66. The van der Waals surface area contributed by atoms with Crippen molar-refractivity contribution in [3.8, 4) is 0 Å². The monoisotopic (exact) mass is 353 g/mol. The summed E-state index contributed by atoms with van der Waals surface area (Å²) in [5.74, 6) is -0.320. The highest BCUT2D eigenvalue weighted by atomic mass is 16.5. The van der Waals surface area contributed by atoms with Gasteiger partial charge in [-0.3, -0.25) is 4.99 Å². The van der Waals surface area contributed by atoms with Gasteiger partial charge in [0.1, 0.15) is 6.61 Å². The van der Waals surface area contributed by atoms with Gasteiger partial charge in [-0.15, -0.1) is 0 Å². The van der Waals surface area contributed by atoms with Gasteiger partial charge >= 0.3 is 5.97 Å². The standard InChI is InChI=1S/C24H19NO2/c26-24(20-10-2-1-3-11-20)27-17-16-25-23-21-12-6-4-8-18(21)14-15-19-9-5-7-13-22(19)23/h1-15H,16-17H2. The lowest BCUT2D eigenvalue weighted by atomic mass is 10.1. The van der Waals surface area contributed by atoms with Gasteiger partial charge in [-0.1, -0.05) is 78.9 Å². The fourth-order valence-corrected chi connectivity index (χ4v) is 3.16. The highest BCUT2D eigenvalue weighted by Crippen LogP contribution is 2.15. The number of ether oxygens (including phenoxy) is 1. The lowest BCUT2D eigenvalue weighted by molar-refractivity contribution is 0.0516. The lowest BCUT2D eigenvalue weighted by Crippen LogP contribution is -2.11. The van der Waals surface area contributed by atoms with E-state index in [4.69, 9.17) is 9.73 Å². The van der Waals surface area contributed by atoms with Gasteiger partial charge < -0.3 is 4.74 Å². The van der Waals surface area contributed by atoms with Crippen LogP contribution in [0.2, 0.25) is 0 Å². The molecule has 0 spiro atoms. The van der Waals surface area contributed by atoms with Crippen LogP contribution in [0, 0.1) is 0 Å². The minimum Gasteiger partial charge on any atom is -0.460 e. The molecule has 3 nitrogen and oxygen atoms in total. The Bertz CT molecular complexity index is 1110. The second kappa shape index (κ2) is 7.83. The molecule has 132 valence electrons. The van der Waals surface area contributed by atoms with Gasteiger partial charge in [0.25, 0.3) is 0 Å². The molecule has 27 heavy (non-hydrogen) atoms. The average molecular weight is 353 g/mol. The summed E-state index contributed by atoms with van der Waals surface area (Å²) in [5.41, 5.74) is 0.555. The molecular weight excluding hydrogens is 334 g/mol. The molecule has 0 heterocycles. The summed E-state index contributed by atoms with van der Waals surface area (Å²) in [6, 6.07) is 29.7. The number of carbonyl (C=O) groups is 1. The van der Waals surface area contributed by atoms with Crippen LogP contribution in [0.4, 0.5) is 0 Å². The zero-order valence-electron chi connectivity index (χ0n) is 14.8. The van der Waals surface area contributed by atoms with Crippen LogP contribution in [0.1, 0.15) is 10.4 Å². The van der Waals surface area contributed by atoms with Crippen LogP contribution in [0.15, 0.2) is 96.0 Å². The Morgan fingerprint density at radius 3 is 1.89 bits per heavy atom. The Hall–Kier alpha value is -3.46. The molecule has 0 bridgehead atoms. The molecule has 0 aliphatic rings. The first-order valence-electron chi connectivity index (χ1n) is 8.96. The highest BCUT2D eigenvalue weighted by molar-refractivity contribution is 5.93. The summed E-state index contributed by atoms with van der Waals surface area (Å²) >= 11 is 0.